The first-order chi connectivity index (χ1) is 7.04. The van der Waals surface area contributed by atoms with E-state index in [0.717, 1.165) is 29.3 Å². The Labute approximate surface area is 109 Å². The second-order valence-electron chi connectivity index (χ2n) is 4.35. The number of halogens is 2. The van der Waals surface area contributed by atoms with Gasteiger partial charge in [0.2, 0.25) is 0 Å². The minimum Gasteiger partial charge on any atom is -0.270 e. The zero-order valence-electron chi connectivity index (χ0n) is 9.56. The predicted molar refractivity (Wildman–Crippen MR) is 72.0 cm³/mol. The van der Waals surface area contributed by atoms with Crippen LogP contribution >= 0.6 is 31.9 Å². The molecule has 0 fully saturated rings. The van der Waals surface area contributed by atoms with E-state index in [1.165, 1.54) is 5.69 Å². The molecule has 1 aromatic rings. The summed E-state index contributed by atoms with van der Waals surface area (Å²) in [6.45, 7) is 7.41. The van der Waals surface area contributed by atoms with Crippen molar-refractivity contribution in [2.45, 2.75) is 33.7 Å². The van der Waals surface area contributed by atoms with Crippen molar-refractivity contribution < 1.29 is 0 Å². The molecule has 0 aliphatic carbocycles. The van der Waals surface area contributed by atoms with Crippen molar-refractivity contribution in [3.8, 4) is 0 Å². The first-order valence-electron chi connectivity index (χ1n) is 5.20. The molecule has 2 nitrogen and oxygen atoms in total. The van der Waals surface area contributed by atoms with Gasteiger partial charge < -0.3 is 0 Å². The topological polar surface area (TPSA) is 17.8 Å². The predicted octanol–water partition coefficient (Wildman–Crippen LogP) is 3.55. The van der Waals surface area contributed by atoms with Gasteiger partial charge in [-0.3, -0.25) is 4.68 Å². The molecule has 0 spiro atoms. The SMILES string of the molecule is CCn1nc(C)cc1CC(C)(CBr)CBr. The van der Waals surface area contributed by atoms with Crippen LogP contribution in [0.15, 0.2) is 6.07 Å². The molecular formula is C11H18Br2N2. The lowest BCUT2D eigenvalue weighted by Gasteiger charge is -2.24. The minimum atomic E-state index is 0.263. The van der Waals surface area contributed by atoms with Crippen molar-refractivity contribution >= 4 is 31.9 Å². The van der Waals surface area contributed by atoms with E-state index in [2.05, 4.69) is 68.5 Å². The van der Waals surface area contributed by atoms with Gasteiger partial charge in [-0.05, 0) is 31.7 Å². The quantitative estimate of drug-likeness (QED) is 0.751. The van der Waals surface area contributed by atoms with Gasteiger partial charge in [-0.25, -0.2) is 0 Å². The highest BCUT2D eigenvalue weighted by Gasteiger charge is 2.24. The van der Waals surface area contributed by atoms with E-state index < -0.39 is 0 Å². The Bertz CT molecular complexity index is 316. The summed E-state index contributed by atoms with van der Waals surface area (Å²) >= 11 is 7.17. The van der Waals surface area contributed by atoms with Gasteiger partial charge in [0.25, 0.3) is 0 Å². The van der Waals surface area contributed by atoms with Crippen LogP contribution in [0.2, 0.25) is 0 Å². The summed E-state index contributed by atoms with van der Waals surface area (Å²) in [7, 11) is 0. The lowest BCUT2D eigenvalue weighted by Crippen LogP contribution is -2.25. The average molecular weight is 338 g/mol. The van der Waals surface area contributed by atoms with Crippen LogP contribution in [0.3, 0.4) is 0 Å². The molecule has 0 aliphatic rings. The maximum atomic E-state index is 4.47. The largest absolute Gasteiger partial charge is 0.270 e. The van der Waals surface area contributed by atoms with E-state index >= 15 is 0 Å². The van der Waals surface area contributed by atoms with E-state index in [0.29, 0.717) is 0 Å². The second-order valence-corrected chi connectivity index (χ2v) is 5.47. The number of rotatable bonds is 5. The first kappa shape index (κ1) is 13.2. The fourth-order valence-electron chi connectivity index (χ4n) is 1.58. The van der Waals surface area contributed by atoms with Gasteiger partial charge in [0.1, 0.15) is 0 Å². The summed E-state index contributed by atoms with van der Waals surface area (Å²) in [4.78, 5) is 0. The highest BCUT2D eigenvalue weighted by atomic mass is 79.9. The van der Waals surface area contributed by atoms with Crippen molar-refractivity contribution in [2.24, 2.45) is 5.41 Å². The summed E-state index contributed by atoms with van der Waals surface area (Å²) < 4.78 is 2.10. The molecular weight excluding hydrogens is 320 g/mol. The monoisotopic (exact) mass is 336 g/mol. The average Bonchev–Trinajstić information content (AvgIpc) is 2.58. The lowest BCUT2D eigenvalue weighted by molar-refractivity contribution is 0.418. The molecule has 0 bridgehead atoms. The summed E-state index contributed by atoms with van der Waals surface area (Å²) in [5.41, 5.74) is 2.70. The van der Waals surface area contributed by atoms with Crippen molar-refractivity contribution in [2.75, 3.05) is 10.7 Å². The van der Waals surface area contributed by atoms with Crippen LogP contribution in [-0.2, 0) is 13.0 Å². The van der Waals surface area contributed by atoms with Crippen LogP contribution in [0.4, 0.5) is 0 Å². The molecule has 86 valence electrons. The van der Waals surface area contributed by atoms with E-state index in [1.807, 2.05) is 0 Å². The Hall–Kier alpha value is 0.170. The van der Waals surface area contributed by atoms with Crippen molar-refractivity contribution in [3.05, 3.63) is 17.5 Å². The van der Waals surface area contributed by atoms with Crippen molar-refractivity contribution in [1.82, 2.24) is 9.78 Å². The minimum absolute atomic E-state index is 0.263. The van der Waals surface area contributed by atoms with Crippen molar-refractivity contribution in [1.29, 1.82) is 0 Å². The number of hydrogen-bond acceptors (Lipinski definition) is 1. The summed E-state index contributed by atoms with van der Waals surface area (Å²) in [5.74, 6) is 0. The number of nitrogens with zero attached hydrogens (tertiary/aromatic N) is 2. The Kier molecular flexibility index (Phi) is 4.84. The molecule has 0 saturated carbocycles. The lowest BCUT2D eigenvalue weighted by atomic mass is 9.90. The van der Waals surface area contributed by atoms with Gasteiger partial charge in [0, 0.05) is 22.9 Å². The van der Waals surface area contributed by atoms with Crippen LogP contribution in [0.5, 0.6) is 0 Å². The Morgan fingerprint density at radius 1 is 1.40 bits per heavy atom. The Morgan fingerprint density at radius 2 is 2.00 bits per heavy atom. The third-order valence-electron chi connectivity index (χ3n) is 2.54. The van der Waals surface area contributed by atoms with Gasteiger partial charge >= 0.3 is 0 Å². The van der Waals surface area contributed by atoms with Gasteiger partial charge in [0.15, 0.2) is 0 Å². The third kappa shape index (κ3) is 3.31. The molecule has 0 radical (unpaired) electrons. The first-order valence-corrected chi connectivity index (χ1v) is 7.44. The number of aromatic nitrogens is 2. The van der Waals surface area contributed by atoms with Crippen molar-refractivity contribution in [3.63, 3.8) is 0 Å². The molecule has 0 saturated heterocycles. The summed E-state index contributed by atoms with van der Waals surface area (Å²) in [5, 5.41) is 6.47. The van der Waals surface area contributed by atoms with E-state index in [4.69, 9.17) is 0 Å². The van der Waals surface area contributed by atoms with Crippen LogP contribution in [0.1, 0.15) is 25.2 Å². The smallest absolute Gasteiger partial charge is 0.0596 e. The molecule has 0 aromatic carbocycles. The molecule has 1 heterocycles. The Morgan fingerprint density at radius 3 is 2.47 bits per heavy atom. The maximum Gasteiger partial charge on any atom is 0.0596 e. The van der Waals surface area contributed by atoms with Crippen LogP contribution < -0.4 is 0 Å². The van der Waals surface area contributed by atoms with E-state index in [1.54, 1.807) is 0 Å². The molecule has 15 heavy (non-hydrogen) atoms. The molecule has 1 rings (SSSR count). The molecule has 0 unspecified atom stereocenters. The highest BCUT2D eigenvalue weighted by Crippen LogP contribution is 2.27. The van der Waals surface area contributed by atoms with Crippen LogP contribution in [0.25, 0.3) is 0 Å². The van der Waals surface area contributed by atoms with Gasteiger partial charge in [-0.1, -0.05) is 38.8 Å². The van der Waals surface area contributed by atoms with Crippen LogP contribution in [-0.4, -0.2) is 20.4 Å². The fraction of sp³-hybridized carbons (Fsp3) is 0.727. The highest BCUT2D eigenvalue weighted by molar-refractivity contribution is 9.09. The zero-order chi connectivity index (χ0) is 11.5. The van der Waals surface area contributed by atoms with E-state index in [9.17, 15) is 0 Å². The van der Waals surface area contributed by atoms with Gasteiger partial charge in [0.05, 0.1) is 5.69 Å². The molecule has 0 atom stereocenters. The van der Waals surface area contributed by atoms with Crippen LogP contribution in [0, 0.1) is 12.3 Å². The molecule has 0 amide bonds. The standard InChI is InChI=1S/C11H18Br2N2/c1-4-15-10(5-9(2)14-15)6-11(3,7-12)8-13/h5H,4,6-8H2,1-3H3. The zero-order valence-corrected chi connectivity index (χ0v) is 12.7. The molecule has 4 heteroatoms. The van der Waals surface area contributed by atoms with Gasteiger partial charge in [-0.15, -0.1) is 0 Å². The number of aryl methyl sites for hydroxylation is 2. The van der Waals surface area contributed by atoms with E-state index in [-0.39, 0.29) is 5.41 Å². The third-order valence-corrected chi connectivity index (χ3v) is 5.25. The fourth-order valence-corrected chi connectivity index (χ4v) is 2.91. The molecule has 0 N–H and O–H groups in total. The second kappa shape index (κ2) is 5.48. The molecule has 0 aliphatic heterocycles. The Balaban J connectivity index is 2.87. The molecule has 1 aromatic heterocycles. The van der Waals surface area contributed by atoms with Gasteiger partial charge in [-0.2, -0.15) is 5.10 Å². The number of hydrogen-bond donors (Lipinski definition) is 0. The number of alkyl halides is 2. The summed E-state index contributed by atoms with van der Waals surface area (Å²) in [6, 6.07) is 2.19. The summed E-state index contributed by atoms with van der Waals surface area (Å²) in [6.07, 6.45) is 1.05. The normalized spacial score (nSPS) is 12.1. The maximum absolute atomic E-state index is 4.47.